The second kappa shape index (κ2) is 14.3. The Balaban J connectivity index is 0.00000202. The predicted molar refractivity (Wildman–Crippen MR) is 178 cm³/mol. The molecule has 0 fully saturated rings. The van der Waals surface area contributed by atoms with E-state index in [1.54, 1.807) is 0 Å². The van der Waals surface area contributed by atoms with Crippen molar-refractivity contribution in [3.63, 3.8) is 0 Å². The maximum Gasteiger partial charge on any atom is 1.00 e. The molecule has 0 saturated heterocycles. The molecule has 0 N–H and O–H groups in total. The Morgan fingerprint density at radius 2 is 0.452 bits per heavy atom. The van der Waals surface area contributed by atoms with Crippen molar-refractivity contribution in [3.05, 3.63) is 182 Å². The third-order valence-corrected chi connectivity index (χ3v) is 18.7. The molecule has 6 rings (SSSR count). The van der Waals surface area contributed by atoms with Crippen molar-refractivity contribution in [2.24, 2.45) is 0 Å². The number of carbonyl (C=O) groups excluding carboxylic acids is 1. The van der Waals surface area contributed by atoms with Crippen LogP contribution in [-0.4, -0.2) is 5.27 Å². The summed E-state index contributed by atoms with van der Waals surface area (Å²) in [6.45, 7) is 0. The van der Waals surface area contributed by atoms with Crippen molar-refractivity contribution in [1.29, 1.82) is 0 Å². The molecular weight excluding hydrogens is 661 g/mol. The van der Waals surface area contributed by atoms with Crippen LogP contribution in [-0.2, 0) is 19.5 Å². The van der Waals surface area contributed by atoms with E-state index in [1.165, 1.54) is 0 Å². The Morgan fingerprint density at radius 3 is 0.595 bits per heavy atom. The second-order valence-corrected chi connectivity index (χ2v) is 17.9. The van der Waals surface area contributed by atoms with Crippen molar-refractivity contribution < 1.29 is 36.7 Å². The largest absolute Gasteiger partial charge is 1.00 e. The van der Waals surface area contributed by atoms with Gasteiger partial charge >= 0.3 is 258 Å². The van der Waals surface area contributed by atoms with E-state index in [0.29, 0.717) is 5.27 Å². The van der Waals surface area contributed by atoms with E-state index in [1.807, 2.05) is 36.4 Å². The van der Waals surface area contributed by atoms with Crippen LogP contribution in [0.1, 0.15) is 0 Å². The van der Waals surface area contributed by atoms with Gasteiger partial charge in [-0.1, -0.05) is 0 Å². The Labute approximate surface area is 268 Å². The van der Waals surface area contributed by atoms with Gasteiger partial charge in [-0.3, -0.25) is 0 Å². The molecule has 0 saturated carbocycles. The van der Waals surface area contributed by atoms with Crippen molar-refractivity contribution in [3.8, 4) is 0 Å². The minimum absolute atomic E-state index is 0. The van der Waals surface area contributed by atoms with Crippen LogP contribution in [0, 0.1) is 0 Å². The summed E-state index contributed by atoms with van der Waals surface area (Å²) in [4.78, 5) is 16.4. The first-order valence-electron chi connectivity index (χ1n) is 13.7. The van der Waals surface area contributed by atoms with Gasteiger partial charge in [0.05, 0.1) is 0 Å². The number of halogens is 1. The summed E-state index contributed by atoms with van der Waals surface area (Å²) < 4.78 is 0. The van der Waals surface area contributed by atoms with Crippen molar-refractivity contribution in [2.45, 2.75) is 0 Å². The average Bonchev–Trinajstić information content (AvgIpc) is 3.05. The van der Waals surface area contributed by atoms with Gasteiger partial charge in [-0.05, 0) is 0 Å². The molecular formula is C37H32ClOP2Rh. The summed E-state index contributed by atoms with van der Waals surface area (Å²) in [6.07, 6.45) is 0. The molecule has 0 spiro atoms. The van der Waals surface area contributed by atoms with Crippen LogP contribution in [0.25, 0.3) is 0 Å². The molecule has 1 nitrogen and oxygen atoms in total. The Morgan fingerprint density at radius 1 is 0.310 bits per heavy atom. The molecule has 0 aliphatic heterocycles. The molecule has 0 aromatic heterocycles. The fraction of sp³-hybridized carbons (Fsp3) is 0. The topological polar surface area (TPSA) is 17.1 Å². The molecule has 0 unspecified atom stereocenters. The van der Waals surface area contributed by atoms with Gasteiger partial charge in [-0.15, -0.1) is 0 Å². The third kappa shape index (κ3) is 5.46. The molecule has 0 atom stereocenters. The van der Waals surface area contributed by atoms with Gasteiger partial charge in [0, 0.05) is 0 Å². The van der Waals surface area contributed by atoms with Gasteiger partial charge in [0.2, 0.25) is 0 Å². The standard InChI is InChI=1S/C37H32OP2.ClH.Rh/c38-37(39(31-19-7-1-8-20-31,32-21-9-2-10-22-32)33-23-11-3-12-24-33)40(34-25-13-4-14-26-34,35-27-15-5-16-28-35)36-29-17-6-18-30-36;;/h1-30,39-40H;1H;/q;;+1/p-1. The molecule has 0 aliphatic carbocycles. The Bertz CT molecular complexity index is 1360. The molecule has 0 radical (unpaired) electrons. The zero-order valence-electron chi connectivity index (χ0n) is 22.9. The van der Waals surface area contributed by atoms with Gasteiger partial charge in [-0.2, -0.15) is 0 Å². The molecule has 6 aromatic carbocycles. The summed E-state index contributed by atoms with van der Waals surface area (Å²) >= 11 is 0. The van der Waals surface area contributed by atoms with Gasteiger partial charge in [0.15, 0.2) is 0 Å². The van der Waals surface area contributed by atoms with Crippen LogP contribution >= 0.6 is 14.5 Å². The van der Waals surface area contributed by atoms with Crippen LogP contribution in [0.2, 0.25) is 0 Å². The zero-order chi connectivity index (χ0) is 27.3. The zero-order valence-corrected chi connectivity index (χ0v) is 27.3. The molecule has 5 heteroatoms. The van der Waals surface area contributed by atoms with Crippen LogP contribution in [0.3, 0.4) is 0 Å². The van der Waals surface area contributed by atoms with Crippen LogP contribution < -0.4 is 44.2 Å². The van der Waals surface area contributed by atoms with E-state index in [9.17, 15) is 0 Å². The number of hydrogen-bond donors (Lipinski definition) is 0. The maximum atomic E-state index is 16.4. The van der Waals surface area contributed by atoms with E-state index in [-0.39, 0.29) is 31.9 Å². The summed E-state index contributed by atoms with van der Waals surface area (Å²) in [5, 5.41) is 7.00. The average molecular weight is 693 g/mol. The SMILES string of the molecule is O=C([PH](c1ccccc1)(c1ccccc1)c1ccccc1)[PH](c1ccccc1)(c1ccccc1)c1ccccc1.[Cl-].[Rh+]. The Kier molecular flexibility index (Phi) is 10.8. The van der Waals surface area contributed by atoms with Crippen molar-refractivity contribution in [1.82, 2.24) is 0 Å². The monoisotopic (exact) mass is 692 g/mol. The van der Waals surface area contributed by atoms with Gasteiger partial charge in [-0.25, -0.2) is 0 Å². The summed E-state index contributed by atoms with van der Waals surface area (Å²) in [5.41, 5.74) is 0. The van der Waals surface area contributed by atoms with Crippen LogP contribution in [0.4, 0.5) is 4.79 Å². The van der Waals surface area contributed by atoms with Gasteiger partial charge < -0.3 is 12.4 Å². The molecule has 0 bridgehead atoms. The smallest absolute Gasteiger partial charge is 1.00 e. The van der Waals surface area contributed by atoms with E-state index in [0.717, 1.165) is 31.8 Å². The fourth-order valence-corrected chi connectivity index (χ4v) is 18.8. The predicted octanol–water partition coefficient (Wildman–Crippen LogP) is 3.56. The minimum atomic E-state index is -3.29. The van der Waals surface area contributed by atoms with Crippen molar-refractivity contribution >= 4 is 51.6 Å². The Hall–Kier alpha value is -3.24. The van der Waals surface area contributed by atoms with Crippen molar-refractivity contribution in [2.75, 3.05) is 0 Å². The third-order valence-electron chi connectivity index (χ3n) is 7.92. The molecule has 6 aromatic rings. The first-order valence-corrected chi connectivity index (χ1v) is 17.7. The number of hydrogen-bond acceptors (Lipinski definition) is 1. The molecule has 212 valence electrons. The first kappa shape index (κ1) is 31.7. The number of carbonyl (C=O) groups is 1. The molecule has 0 aliphatic rings. The summed E-state index contributed by atoms with van der Waals surface area (Å²) in [7, 11) is -6.58. The minimum Gasteiger partial charge on any atom is -1.00 e. The summed E-state index contributed by atoms with van der Waals surface area (Å²) in [6, 6.07) is 63.2. The van der Waals surface area contributed by atoms with Crippen LogP contribution in [0.5, 0.6) is 0 Å². The molecule has 0 heterocycles. The van der Waals surface area contributed by atoms with E-state index >= 15 is 4.79 Å². The fourth-order valence-electron chi connectivity index (χ4n) is 6.20. The van der Waals surface area contributed by atoms with E-state index in [2.05, 4.69) is 146 Å². The molecule has 42 heavy (non-hydrogen) atoms. The quantitative estimate of drug-likeness (QED) is 0.176. The normalized spacial score (nSPS) is 11.8. The number of rotatable bonds is 8. The summed E-state index contributed by atoms with van der Waals surface area (Å²) in [5.74, 6) is 0. The molecule has 0 amide bonds. The first-order chi connectivity index (χ1) is 19.8. The van der Waals surface area contributed by atoms with E-state index < -0.39 is 14.5 Å². The maximum absolute atomic E-state index is 16.4. The van der Waals surface area contributed by atoms with Crippen LogP contribution in [0.15, 0.2) is 182 Å². The number of benzene rings is 6. The van der Waals surface area contributed by atoms with Gasteiger partial charge in [0.1, 0.15) is 0 Å². The van der Waals surface area contributed by atoms with Gasteiger partial charge in [0.25, 0.3) is 0 Å². The second-order valence-electron chi connectivity index (χ2n) is 10.0. The van der Waals surface area contributed by atoms with E-state index in [4.69, 9.17) is 0 Å².